The lowest BCUT2D eigenvalue weighted by Gasteiger charge is -2.03. The quantitative estimate of drug-likeness (QED) is 0.791. The van der Waals surface area contributed by atoms with E-state index in [4.69, 9.17) is 4.42 Å². The Morgan fingerprint density at radius 1 is 1.31 bits per heavy atom. The van der Waals surface area contributed by atoms with Crippen molar-refractivity contribution < 1.29 is 9.21 Å². The fourth-order valence-corrected chi connectivity index (χ4v) is 2.59. The van der Waals surface area contributed by atoms with Crippen LogP contribution < -0.4 is 0 Å². The SMILES string of the molecule is Cc1occc1Sc1ccc(Br)cc1C=O. The standard InChI is InChI=1S/C12H9BrO2S/c1-8-11(4-5-15-8)16-12-3-2-10(13)6-9(12)7-14/h2-7H,1H3. The molecule has 0 amide bonds. The zero-order valence-corrected chi connectivity index (χ0v) is 11.0. The van der Waals surface area contributed by atoms with Crippen LogP contribution in [0, 0.1) is 6.92 Å². The molecule has 1 heterocycles. The van der Waals surface area contributed by atoms with Gasteiger partial charge in [-0.15, -0.1) is 0 Å². The van der Waals surface area contributed by atoms with E-state index in [1.807, 2.05) is 31.2 Å². The van der Waals surface area contributed by atoms with Crippen molar-refractivity contribution in [2.24, 2.45) is 0 Å². The molecule has 2 aromatic rings. The van der Waals surface area contributed by atoms with Gasteiger partial charge in [0.05, 0.1) is 11.2 Å². The van der Waals surface area contributed by atoms with Gasteiger partial charge in [0, 0.05) is 14.9 Å². The van der Waals surface area contributed by atoms with Crippen molar-refractivity contribution in [2.75, 3.05) is 0 Å². The molecule has 0 aliphatic heterocycles. The highest BCUT2D eigenvalue weighted by molar-refractivity contribution is 9.10. The van der Waals surface area contributed by atoms with Gasteiger partial charge in [0.15, 0.2) is 6.29 Å². The molecule has 0 saturated heterocycles. The summed E-state index contributed by atoms with van der Waals surface area (Å²) in [6.07, 6.45) is 2.51. The van der Waals surface area contributed by atoms with Crippen molar-refractivity contribution in [2.45, 2.75) is 16.7 Å². The van der Waals surface area contributed by atoms with Gasteiger partial charge in [-0.05, 0) is 31.2 Å². The molecule has 0 aliphatic carbocycles. The molecule has 82 valence electrons. The minimum Gasteiger partial charge on any atom is -0.468 e. The highest BCUT2D eigenvalue weighted by atomic mass is 79.9. The van der Waals surface area contributed by atoms with E-state index in [2.05, 4.69) is 15.9 Å². The molecule has 0 N–H and O–H groups in total. The van der Waals surface area contributed by atoms with Crippen LogP contribution >= 0.6 is 27.7 Å². The fraction of sp³-hybridized carbons (Fsp3) is 0.0833. The highest BCUT2D eigenvalue weighted by Crippen LogP contribution is 2.33. The first-order valence-corrected chi connectivity index (χ1v) is 6.28. The van der Waals surface area contributed by atoms with Gasteiger partial charge in [0.25, 0.3) is 0 Å². The summed E-state index contributed by atoms with van der Waals surface area (Å²) in [5.74, 6) is 0.866. The lowest BCUT2D eigenvalue weighted by molar-refractivity contribution is 0.112. The lowest BCUT2D eigenvalue weighted by Crippen LogP contribution is -1.85. The third kappa shape index (κ3) is 2.39. The molecule has 2 nitrogen and oxygen atoms in total. The molecule has 4 heteroatoms. The largest absolute Gasteiger partial charge is 0.468 e. The second-order valence-electron chi connectivity index (χ2n) is 3.24. The van der Waals surface area contributed by atoms with E-state index < -0.39 is 0 Å². The van der Waals surface area contributed by atoms with Crippen LogP contribution in [0.3, 0.4) is 0 Å². The Hall–Kier alpha value is -1.00. The summed E-state index contributed by atoms with van der Waals surface area (Å²) in [7, 11) is 0. The Labute approximate surface area is 106 Å². The first-order chi connectivity index (χ1) is 7.70. The van der Waals surface area contributed by atoms with Gasteiger partial charge in [-0.25, -0.2) is 0 Å². The number of aryl methyl sites for hydroxylation is 1. The maximum Gasteiger partial charge on any atom is 0.151 e. The summed E-state index contributed by atoms with van der Waals surface area (Å²) in [4.78, 5) is 12.9. The average molecular weight is 297 g/mol. The van der Waals surface area contributed by atoms with Gasteiger partial charge >= 0.3 is 0 Å². The minimum absolute atomic E-state index is 0.681. The highest BCUT2D eigenvalue weighted by Gasteiger charge is 2.08. The number of furan rings is 1. The molecule has 0 unspecified atom stereocenters. The lowest BCUT2D eigenvalue weighted by atomic mass is 10.2. The maximum atomic E-state index is 10.9. The predicted molar refractivity (Wildman–Crippen MR) is 67.1 cm³/mol. The normalized spacial score (nSPS) is 10.4. The topological polar surface area (TPSA) is 30.2 Å². The third-order valence-electron chi connectivity index (χ3n) is 2.13. The van der Waals surface area contributed by atoms with E-state index in [0.717, 1.165) is 26.3 Å². The molecular formula is C12H9BrO2S. The number of carbonyl (C=O) groups excluding carboxylic acids is 1. The number of hydrogen-bond acceptors (Lipinski definition) is 3. The number of benzene rings is 1. The first kappa shape index (κ1) is 11.5. The minimum atomic E-state index is 0.681. The number of aldehydes is 1. The van der Waals surface area contributed by atoms with Gasteiger partial charge in [0.2, 0.25) is 0 Å². The molecule has 0 bridgehead atoms. The number of carbonyl (C=O) groups is 1. The summed E-state index contributed by atoms with van der Waals surface area (Å²) >= 11 is 4.88. The van der Waals surface area contributed by atoms with Crippen LogP contribution in [-0.4, -0.2) is 6.29 Å². The summed E-state index contributed by atoms with van der Waals surface area (Å²) in [6.45, 7) is 1.90. The number of hydrogen-bond donors (Lipinski definition) is 0. The molecule has 1 aromatic heterocycles. The van der Waals surface area contributed by atoms with Crippen LogP contribution in [0.15, 0.2) is 49.2 Å². The molecule has 0 aliphatic rings. The molecule has 0 saturated carbocycles. The van der Waals surface area contributed by atoms with E-state index >= 15 is 0 Å². The van der Waals surface area contributed by atoms with Gasteiger partial charge in [-0.2, -0.15) is 0 Å². The summed E-state index contributed by atoms with van der Waals surface area (Å²) in [5, 5.41) is 0. The number of rotatable bonds is 3. The van der Waals surface area contributed by atoms with Gasteiger partial charge in [-0.1, -0.05) is 27.7 Å². The van der Waals surface area contributed by atoms with Crippen molar-refractivity contribution in [3.63, 3.8) is 0 Å². The Kier molecular flexibility index (Phi) is 3.51. The zero-order valence-electron chi connectivity index (χ0n) is 8.57. The molecule has 0 radical (unpaired) electrons. The van der Waals surface area contributed by atoms with Crippen LogP contribution in [0.1, 0.15) is 16.1 Å². The second kappa shape index (κ2) is 4.89. The monoisotopic (exact) mass is 296 g/mol. The second-order valence-corrected chi connectivity index (χ2v) is 5.24. The molecule has 16 heavy (non-hydrogen) atoms. The van der Waals surface area contributed by atoms with Crippen molar-refractivity contribution in [3.8, 4) is 0 Å². The smallest absolute Gasteiger partial charge is 0.151 e. The van der Waals surface area contributed by atoms with E-state index in [1.165, 1.54) is 11.8 Å². The van der Waals surface area contributed by atoms with E-state index in [1.54, 1.807) is 6.26 Å². The van der Waals surface area contributed by atoms with Crippen LogP contribution in [0.5, 0.6) is 0 Å². The van der Waals surface area contributed by atoms with Crippen molar-refractivity contribution >= 4 is 34.0 Å². The molecule has 0 spiro atoms. The van der Waals surface area contributed by atoms with Crippen LogP contribution in [-0.2, 0) is 0 Å². The molecule has 1 aromatic carbocycles. The van der Waals surface area contributed by atoms with Gasteiger partial charge < -0.3 is 4.42 Å². The Morgan fingerprint density at radius 2 is 2.12 bits per heavy atom. The molecule has 2 rings (SSSR count). The van der Waals surface area contributed by atoms with Crippen molar-refractivity contribution in [1.29, 1.82) is 0 Å². The Balaban J connectivity index is 2.34. The predicted octanol–water partition coefficient (Wildman–Crippen LogP) is 4.31. The van der Waals surface area contributed by atoms with E-state index in [-0.39, 0.29) is 0 Å². The Bertz CT molecular complexity index is 519. The number of halogens is 1. The van der Waals surface area contributed by atoms with E-state index in [9.17, 15) is 4.79 Å². The first-order valence-electron chi connectivity index (χ1n) is 4.67. The Morgan fingerprint density at radius 3 is 2.75 bits per heavy atom. The summed E-state index contributed by atoms with van der Waals surface area (Å²) in [5.41, 5.74) is 0.681. The van der Waals surface area contributed by atoms with E-state index in [0.29, 0.717) is 5.56 Å². The molecular weight excluding hydrogens is 288 g/mol. The average Bonchev–Trinajstić information content (AvgIpc) is 2.67. The van der Waals surface area contributed by atoms with Crippen LogP contribution in [0.4, 0.5) is 0 Å². The van der Waals surface area contributed by atoms with Crippen LogP contribution in [0.2, 0.25) is 0 Å². The zero-order chi connectivity index (χ0) is 11.5. The fourth-order valence-electron chi connectivity index (χ4n) is 1.30. The van der Waals surface area contributed by atoms with Crippen molar-refractivity contribution in [3.05, 3.63) is 46.3 Å². The molecule has 0 fully saturated rings. The van der Waals surface area contributed by atoms with Gasteiger partial charge in [-0.3, -0.25) is 4.79 Å². The molecule has 0 atom stereocenters. The van der Waals surface area contributed by atoms with Crippen molar-refractivity contribution in [1.82, 2.24) is 0 Å². The van der Waals surface area contributed by atoms with Crippen LogP contribution in [0.25, 0.3) is 0 Å². The third-order valence-corrected chi connectivity index (χ3v) is 3.86. The van der Waals surface area contributed by atoms with Gasteiger partial charge in [0.1, 0.15) is 5.76 Å². The summed E-state index contributed by atoms with van der Waals surface area (Å²) in [6, 6.07) is 7.55. The summed E-state index contributed by atoms with van der Waals surface area (Å²) < 4.78 is 6.12. The maximum absolute atomic E-state index is 10.9.